The number of aliphatic hydroxyl groups is 2. The summed E-state index contributed by atoms with van der Waals surface area (Å²) in [5, 5.41) is 17.1. The van der Waals surface area contributed by atoms with E-state index in [1.165, 1.54) is 5.56 Å². The van der Waals surface area contributed by atoms with Gasteiger partial charge in [0, 0.05) is 79.2 Å². The van der Waals surface area contributed by atoms with Gasteiger partial charge in [-0.25, -0.2) is 0 Å². The second kappa shape index (κ2) is 38.6. The number of rotatable bonds is 12. The Balaban J connectivity index is 0.00000102. The molecule has 17 heteroatoms. The summed E-state index contributed by atoms with van der Waals surface area (Å²) in [7, 11) is -7.05. The third kappa shape index (κ3) is 22.1. The van der Waals surface area contributed by atoms with E-state index in [0.717, 1.165) is 70.3 Å². The fourth-order valence-electron chi connectivity index (χ4n) is 11.0. The zero-order valence-electron chi connectivity index (χ0n) is 49.5. The van der Waals surface area contributed by atoms with Gasteiger partial charge in [0.2, 0.25) is 0 Å². The summed E-state index contributed by atoms with van der Waals surface area (Å²) in [5.74, 6) is 0. The molecule has 8 aromatic rings. The van der Waals surface area contributed by atoms with Crippen molar-refractivity contribution in [3.05, 3.63) is 207 Å². The number of aliphatic hydroxyl groups excluding tert-OH is 2. The smallest absolute Gasteiger partial charge is 0.400 e. The number of benzene rings is 4. The van der Waals surface area contributed by atoms with Gasteiger partial charge in [-0.2, -0.15) is 21.6 Å². The Labute approximate surface area is 517 Å². The molecule has 4 aromatic heterocycles. The molecule has 2 radical (unpaired) electrons. The van der Waals surface area contributed by atoms with Crippen LogP contribution in [0, 0.1) is 18.2 Å². The van der Waals surface area contributed by atoms with Gasteiger partial charge in [0.15, 0.2) is 0 Å². The molecule has 8 rings (SSSR count). The summed E-state index contributed by atoms with van der Waals surface area (Å²) in [6, 6.07) is 65.1. The van der Waals surface area contributed by atoms with Crippen molar-refractivity contribution in [1.29, 1.82) is 0 Å². The van der Waals surface area contributed by atoms with Gasteiger partial charge in [0.1, 0.15) is 0 Å². The van der Waals surface area contributed by atoms with Crippen LogP contribution in [0.1, 0.15) is 83.1 Å². The summed E-state index contributed by atoms with van der Waals surface area (Å²) in [6.45, 7) is 28.9. The fraction of sp³-hybridized carbons (Fsp3) is 0.323. The Morgan fingerprint density at radius 3 is 1.00 bits per heavy atom. The van der Waals surface area contributed by atoms with E-state index in [9.17, 15) is 13.2 Å². The van der Waals surface area contributed by atoms with Crippen LogP contribution in [0.5, 0.6) is 0 Å². The minimum absolute atomic E-state index is 0. The molecule has 0 aliphatic rings. The number of nitrogens with zero attached hydrogens (tertiary/aromatic N) is 4. The van der Waals surface area contributed by atoms with E-state index in [-0.39, 0.29) is 40.2 Å². The zero-order valence-corrected chi connectivity index (χ0v) is 57.1. The summed E-state index contributed by atoms with van der Waals surface area (Å²) in [6.07, 6.45) is 7.31. The van der Waals surface area contributed by atoms with E-state index in [0.29, 0.717) is 16.6 Å². The first-order chi connectivity index (χ1) is 38.0. The largest absolute Gasteiger partial charge is 0.522 e. The number of hydrogen-bond acceptors (Lipinski definition) is 8. The van der Waals surface area contributed by atoms with Crippen LogP contribution in [-0.4, -0.2) is 79.0 Å². The van der Waals surface area contributed by atoms with Crippen molar-refractivity contribution in [2.75, 3.05) is 14.2 Å². The SMILES string of the molecule is CC(C)[Si](c1cc[c-]c(-c2ccccn2)c1)(C(C)C)C(C)C.CC(C)[Si](c1cccc(-c2ccccn2)c1)(C(C)C)C(C)C.CO.CO.O=S(=O)(O)C(F)(F)F.[Ir].[Ir].[c-]1ccccc1-c1ccccn1.[c-]1ccccc1-c1ccccn1. The maximum atomic E-state index is 10.7. The van der Waals surface area contributed by atoms with Gasteiger partial charge in [-0.1, -0.05) is 155 Å². The molecule has 0 unspecified atom stereocenters. The fourth-order valence-corrected chi connectivity index (χ4v) is 24.6. The van der Waals surface area contributed by atoms with Crippen LogP contribution in [0.15, 0.2) is 189 Å². The van der Waals surface area contributed by atoms with Crippen LogP contribution in [-0.2, 0) is 50.3 Å². The third-order valence-corrected chi connectivity index (χ3v) is 28.6. The third-order valence-electron chi connectivity index (χ3n) is 13.9. The van der Waals surface area contributed by atoms with Crippen molar-refractivity contribution in [3.8, 4) is 45.0 Å². The van der Waals surface area contributed by atoms with Crippen LogP contribution in [0.3, 0.4) is 0 Å². The van der Waals surface area contributed by atoms with Crippen LogP contribution in [0.4, 0.5) is 13.2 Å². The minimum Gasteiger partial charge on any atom is -0.400 e. The molecule has 0 atom stereocenters. The van der Waals surface area contributed by atoms with E-state index >= 15 is 0 Å². The standard InChI is InChI=1S/C20H29NSi.C20H28NSi.2C11H8N.CHF3O3S.2CH4O.2Ir/c2*1-15(2)22(16(3)4,17(5)6)19-11-9-10-18(14-19)20-12-7-8-13-21-20;2*1-2-6-10(7-3-1)11-8-4-5-9-12-11;2-1(3,4)8(5,6)7;2*1-2;;/h7-17H,1-6H3;7-9,11-17H,1-6H3;2*1-6,8-9H;(H,5,6,7);2*2H,1H3;;/q;3*-1;;;;;. The van der Waals surface area contributed by atoms with Crippen molar-refractivity contribution in [3.63, 3.8) is 0 Å². The molecule has 0 aliphatic heterocycles. The average Bonchev–Trinajstić information content (AvgIpc) is 3.61. The molecule has 9 nitrogen and oxygen atoms in total. The molecule has 82 heavy (non-hydrogen) atoms. The quantitative estimate of drug-likeness (QED) is 0.0471. The van der Waals surface area contributed by atoms with Gasteiger partial charge >= 0.3 is 15.6 Å². The van der Waals surface area contributed by atoms with E-state index in [2.05, 4.69) is 182 Å². The molecule has 0 saturated carbocycles. The van der Waals surface area contributed by atoms with Crippen molar-refractivity contribution >= 4 is 36.6 Å². The van der Waals surface area contributed by atoms with Crippen LogP contribution >= 0.6 is 0 Å². The molecule has 0 bridgehead atoms. The minimum atomic E-state index is -5.84. The molecular formula is C65H82F3Ir2N4O5SSi2-3. The number of pyridine rings is 4. The second-order valence-corrected chi connectivity index (χ2v) is 33.4. The Bertz CT molecular complexity index is 2730. The van der Waals surface area contributed by atoms with Crippen molar-refractivity contribution in [2.24, 2.45) is 0 Å². The topological polar surface area (TPSA) is 146 Å². The molecule has 4 aromatic carbocycles. The first kappa shape index (κ1) is 76.8. The van der Waals surface area contributed by atoms with Gasteiger partial charge in [-0.3, -0.25) is 9.54 Å². The van der Waals surface area contributed by atoms with Crippen molar-refractivity contribution in [1.82, 2.24) is 19.9 Å². The van der Waals surface area contributed by atoms with Gasteiger partial charge in [-0.15, -0.1) is 107 Å². The van der Waals surface area contributed by atoms with Crippen LogP contribution < -0.4 is 10.4 Å². The van der Waals surface area contributed by atoms with Crippen molar-refractivity contribution in [2.45, 2.75) is 122 Å². The molecule has 4 heterocycles. The summed E-state index contributed by atoms with van der Waals surface area (Å²) < 4.78 is 57.5. The average molecular weight is 1530 g/mol. The predicted molar refractivity (Wildman–Crippen MR) is 330 cm³/mol. The van der Waals surface area contributed by atoms with E-state index in [1.54, 1.807) is 22.8 Å². The van der Waals surface area contributed by atoms with Gasteiger partial charge in [0.05, 0.1) is 21.8 Å². The molecular weight excluding hydrogens is 1450 g/mol. The van der Waals surface area contributed by atoms with E-state index in [1.807, 2.05) is 116 Å². The first-order valence-electron chi connectivity index (χ1n) is 26.6. The molecule has 0 aliphatic carbocycles. The van der Waals surface area contributed by atoms with Gasteiger partial charge < -0.3 is 25.2 Å². The maximum Gasteiger partial charge on any atom is 0.522 e. The van der Waals surface area contributed by atoms with E-state index < -0.39 is 31.8 Å². The van der Waals surface area contributed by atoms with Gasteiger partial charge in [0.25, 0.3) is 0 Å². The molecule has 0 saturated heterocycles. The molecule has 0 fully saturated rings. The summed E-state index contributed by atoms with van der Waals surface area (Å²) in [4.78, 5) is 17.4. The van der Waals surface area contributed by atoms with Crippen molar-refractivity contribution < 1.29 is 76.6 Å². The molecule has 3 N–H and O–H groups in total. The second-order valence-electron chi connectivity index (χ2n) is 20.2. The Kier molecular flexibility index (Phi) is 36.2. The maximum absolute atomic E-state index is 10.7. The Morgan fingerprint density at radius 2 is 0.707 bits per heavy atom. The number of alkyl halides is 3. The Hall–Kier alpha value is -5.17. The normalized spacial score (nSPS) is 11.0. The molecule has 448 valence electrons. The van der Waals surface area contributed by atoms with Crippen LogP contribution in [0.2, 0.25) is 33.2 Å². The van der Waals surface area contributed by atoms with Crippen LogP contribution in [0.25, 0.3) is 45.0 Å². The van der Waals surface area contributed by atoms with E-state index in [4.69, 9.17) is 23.2 Å². The zero-order chi connectivity index (χ0) is 60.1. The molecule has 0 spiro atoms. The number of halogens is 3. The Morgan fingerprint density at radius 1 is 0.402 bits per heavy atom. The summed E-state index contributed by atoms with van der Waals surface area (Å²) in [5.41, 5.74) is 7.27. The van der Waals surface area contributed by atoms with Gasteiger partial charge in [-0.05, 0) is 86.2 Å². The monoisotopic (exact) mass is 1530 g/mol. The predicted octanol–water partition coefficient (Wildman–Crippen LogP) is 15.8. The molecule has 0 amide bonds. The number of aromatic nitrogens is 4. The number of hydrogen-bond donors (Lipinski definition) is 3. The summed E-state index contributed by atoms with van der Waals surface area (Å²) >= 11 is 0. The first-order valence-corrected chi connectivity index (χ1v) is 32.5.